The average Bonchev–Trinajstić information content (AvgIpc) is 2.20. The first kappa shape index (κ1) is 16.3. The summed E-state index contributed by atoms with van der Waals surface area (Å²) in [6, 6.07) is 2.86. The van der Waals surface area contributed by atoms with E-state index >= 15 is 0 Å². The highest BCUT2D eigenvalue weighted by Gasteiger charge is 2.16. The largest absolute Gasteiger partial charge is 0.491 e. The SMILES string of the molecule is CC(C)CCOc1c(Br)cc(S(=O)(=O)Cl)cc1Br. The van der Waals surface area contributed by atoms with Crippen LogP contribution in [0.25, 0.3) is 0 Å². The summed E-state index contributed by atoms with van der Waals surface area (Å²) in [6.45, 7) is 4.79. The summed E-state index contributed by atoms with van der Waals surface area (Å²) in [7, 11) is 1.55. The number of hydrogen-bond acceptors (Lipinski definition) is 3. The smallest absolute Gasteiger partial charge is 0.261 e. The minimum absolute atomic E-state index is 0.0270. The molecular formula is C11H13Br2ClO3S. The van der Waals surface area contributed by atoms with Crippen LogP contribution in [0.15, 0.2) is 26.0 Å². The fourth-order valence-electron chi connectivity index (χ4n) is 1.21. The van der Waals surface area contributed by atoms with Gasteiger partial charge in [0.05, 0.1) is 20.4 Å². The maximum atomic E-state index is 11.2. The molecule has 0 radical (unpaired) electrons. The molecule has 0 heterocycles. The van der Waals surface area contributed by atoms with Crippen LogP contribution in [-0.4, -0.2) is 15.0 Å². The van der Waals surface area contributed by atoms with Gasteiger partial charge in [-0.05, 0) is 56.3 Å². The average molecular weight is 421 g/mol. The highest BCUT2D eigenvalue weighted by Crippen LogP contribution is 2.37. The van der Waals surface area contributed by atoms with E-state index in [0.29, 0.717) is 27.2 Å². The first-order chi connectivity index (χ1) is 8.21. The third-order valence-electron chi connectivity index (χ3n) is 2.19. The molecule has 0 unspecified atom stereocenters. The van der Waals surface area contributed by atoms with Crippen LogP contribution in [0.2, 0.25) is 0 Å². The maximum absolute atomic E-state index is 11.2. The van der Waals surface area contributed by atoms with Gasteiger partial charge in [0, 0.05) is 10.7 Å². The molecule has 0 amide bonds. The van der Waals surface area contributed by atoms with Gasteiger partial charge in [-0.1, -0.05) is 13.8 Å². The van der Waals surface area contributed by atoms with Crippen molar-refractivity contribution in [2.24, 2.45) is 5.92 Å². The second-order valence-electron chi connectivity index (χ2n) is 4.18. The fourth-order valence-corrected chi connectivity index (χ4v) is 3.71. The van der Waals surface area contributed by atoms with E-state index in [1.165, 1.54) is 12.1 Å². The normalized spacial score (nSPS) is 11.9. The molecule has 1 aromatic rings. The maximum Gasteiger partial charge on any atom is 0.261 e. The molecule has 0 fully saturated rings. The Labute approximate surface area is 129 Å². The molecule has 0 aromatic heterocycles. The topological polar surface area (TPSA) is 43.4 Å². The van der Waals surface area contributed by atoms with E-state index in [1.807, 2.05) is 0 Å². The Bertz CT molecular complexity index is 506. The first-order valence-electron chi connectivity index (χ1n) is 5.28. The van der Waals surface area contributed by atoms with Gasteiger partial charge in [-0.15, -0.1) is 0 Å². The highest BCUT2D eigenvalue weighted by molar-refractivity contribution is 9.11. The van der Waals surface area contributed by atoms with Crippen molar-refractivity contribution in [2.45, 2.75) is 25.2 Å². The Hall–Kier alpha value is 0.220. The lowest BCUT2D eigenvalue weighted by Crippen LogP contribution is -2.03. The molecule has 0 saturated heterocycles. The molecule has 1 rings (SSSR count). The molecule has 0 aliphatic heterocycles. The standard InChI is InChI=1S/C11H13Br2ClO3S/c1-7(2)3-4-17-11-9(12)5-8(6-10(11)13)18(14,15)16/h5-7H,3-4H2,1-2H3. The van der Waals surface area contributed by atoms with Crippen molar-refractivity contribution in [2.75, 3.05) is 6.61 Å². The molecule has 18 heavy (non-hydrogen) atoms. The zero-order chi connectivity index (χ0) is 13.9. The van der Waals surface area contributed by atoms with Gasteiger partial charge < -0.3 is 4.74 Å². The molecule has 102 valence electrons. The van der Waals surface area contributed by atoms with Gasteiger partial charge in [-0.3, -0.25) is 0 Å². The van der Waals surface area contributed by atoms with Crippen LogP contribution < -0.4 is 4.74 Å². The molecule has 0 aliphatic carbocycles. The van der Waals surface area contributed by atoms with Crippen molar-refractivity contribution >= 4 is 51.6 Å². The number of ether oxygens (including phenoxy) is 1. The van der Waals surface area contributed by atoms with E-state index in [9.17, 15) is 8.42 Å². The molecule has 7 heteroatoms. The molecule has 1 aromatic carbocycles. The van der Waals surface area contributed by atoms with Gasteiger partial charge in [-0.25, -0.2) is 8.42 Å². The van der Waals surface area contributed by atoms with E-state index in [-0.39, 0.29) is 4.90 Å². The van der Waals surface area contributed by atoms with Crippen molar-refractivity contribution in [1.29, 1.82) is 0 Å². The Morgan fingerprint density at radius 3 is 2.17 bits per heavy atom. The Morgan fingerprint density at radius 2 is 1.78 bits per heavy atom. The van der Waals surface area contributed by atoms with Crippen molar-refractivity contribution in [3.05, 3.63) is 21.1 Å². The number of hydrogen-bond donors (Lipinski definition) is 0. The molecular weight excluding hydrogens is 407 g/mol. The van der Waals surface area contributed by atoms with E-state index in [0.717, 1.165) is 6.42 Å². The van der Waals surface area contributed by atoms with Crippen LogP contribution in [-0.2, 0) is 9.05 Å². The fraction of sp³-hybridized carbons (Fsp3) is 0.455. The van der Waals surface area contributed by atoms with Crippen molar-refractivity contribution in [1.82, 2.24) is 0 Å². The van der Waals surface area contributed by atoms with Crippen LogP contribution in [0.3, 0.4) is 0 Å². The highest BCUT2D eigenvalue weighted by atomic mass is 79.9. The summed E-state index contributed by atoms with van der Waals surface area (Å²) in [4.78, 5) is 0.0270. The van der Waals surface area contributed by atoms with Gasteiger partial charge >= 0.3 is 0 Å². The van der Waals surface area contributed by atoms with Gasteiger partial charge in [0.2, 0.25) is 0 Å². The zero-order valence-electron chi connectivity index (χ0n) is 9.91. The number of rotatable bonds is 5. The van der Waals surface area contributed by atoms with Crippen molar-refractivity contribution < 1.29 is 13.2 Å². The zero-order valence-corrected chi connectivity index (χ0v) is 14.7. The molecule has 0 N–H and O–H groups in total. The molecule has 0 atom stereocenters. The molecule has 0 spiro atoms. The Kier molecular flexibility index (Phi) is 5.96. The summed E-state index contributed by atoms with van der Waals surface area (Å²) < 4.78 is 29.2. The Balaban J connectivity index is 2.95. The summed E-state index contributed by atoms with van der Waals surface area (Å²) in [6.07, 6.45) is 0.925. The van der Waals surface area contributed by atoms with Gasteiger partial charge in [-0.2, -0.15) is 0 Å². The van der Waals surface area contributed by atoms with Crippen LogP contribution >= 0.6 is 42.5 Å². The first-order valence-corrected chi connectivity index (χ1v) is 9.18. The van der Waals surface area contributed by atoms with E-state index in [2.05, 4.69) is 45.7 Å². The number of benzene rings is 1. The molecule has 0 saturated carbocycles. The van der Waals surface area contributed by atoms with Crippen molar-refractivity contribution in [3.8, 4) is 5.75 Å². The van der Waals surface area contributed by atoms with Gasteiger partial charge in [0.1, 0.15) is 5.75 Å². The molecule has 0 aliphatic rings. The Morgan fingerprint density at radius 1 is 1.28 bits per heavy atom. The number of halogens is 3. The summed E-state index contributed by atoms with van der Waals surface area (Å²) >= 11 is 6.56. The third-order valence-corrected chi connectivity index (χ3v) is 4.71. The van der Waals surface area contributed by atoms with E-state index in [1.54, 1.807) is 0 Å². The minimum atomic E-state index is -3.74. The minimum Gasteiger partial charge on any atom is -0.491 e. The quantitative estimate of drug-likeness (QED) is 0.656. The van der Waals surface area contributed by atoms with Gasteiger partial charge in [0.25, 0.3) is 9.05 Å². The monoisotopic (exact) mass is 418 g/mol. The van der Waals surface area contributed by atoms with Crippen LogP contribution in [0.4, 0.5) is 0 Å². The van der Waals surface area contributed by atoms with Gasteiger partial charge in [0.15, 0.2) is 0 Å². The second kappa shape index (κ2) is 6.59. The van der Waals surface area contributed by atoms with E-state index < -0.39 is 9.05 Å². The lowest BCUT2D eigenvalue weighted by atomic mass is 10.1. The predicted molar refractivity (Wildman–Crippen MR) is 79.8 cm³/mol. The van der Waals surface area contributed by atoms with Crippen LogP contribution in [0, 0.1) is 5.92 Å². The van der Waals surface area contributed by atoms with E-state index in [4.69, 9.17) is 15.4 Å². The van der Waals surface area contributed by atoms with Crippen molar-refractivity contribution in [3.63, 3.8) is 0 Å². The van der Waals surface area contributed by atoms with Crippen LogP contribution in [0.1, 0.15) is 20.3 Å². The predicted octanol–water partition coefficient (Wildman–Crippen LogP) is 4.56. The second-order valence-corrected chi connectivity index (χ2v) is 8.46. The lowest BCUT2D eigenvalue weighted by molar-refractivity contribution is 0.286. The van der Waals surface area contributed by atoms with Crippen LogP contribution in [0.5, 0.6) is 5.75 Å². The lowest BCUT2D eigenvalue weighted by Gasteiger charge is -2.12. The molecule has 0 bridgehead atoms. The summed E-state index contributed by atoms with van der Waals surface area (Å²) in [5, 5.41) is 0. The summed E-state index contributed by atoms with van der Waals surface area (Å²) in [5.74, 6) is 1.13. The molecule has 3 nitrogen and oxygen atoms in total. The third kappa shape index (κ3) is 4.72. The summed E-state index contributed by atoms with van der Waals surface area (Å²) in [5.41, 5.74) is 0.